The van der Waals surface area contributed by atoms with Crippen LogP contribution in [-0.4, -0.2) is 34.2 Å². The molecule has 2 aromatic carbocycles. The van der Waals surface area contributed by atoms with Crippen LogP contribution in [0.5, 0.6) is 0 Å². The number of aromatic amines is 1. The molecule has 1 aliphatic heterocycles. The number of primary amides is 1. The Balaban J connectivity index is 1.38. The van der Waals surface area contributed by atoms with Crippen molar-refractivity contribution in [2.75, 3.05) is 16.8 Å². The standard InChI is InChI=1S/C28H25N5O3/c29-27(36)22(19-5-2-1-3-6-19)16-20-17-31-28-26(20)23(12-13-30-28)32-24(34)15-18-8-10-21(11-9-18)33-14-4-7-25(33)35/h1-3,5-6,8-13,16-17H,4,7,14-15H2,(H2,29,36)(H2,30,31,32,34). The number of pyridine rings is 1. The van der Waals surface area contributed by atoms with Gasteiger partial charge in [0.25, 0.3) is 0 Å². The molecule has 3 heterocycles. The molecule has 1 fully saturated rings. The number of hydrogen-bond acceptors (Lipinski definition) is 4. The van der Waals surface area contributed by atoms with Crippen LogP contribution in [0.2, 0.25) is 0 Å². The summed E-state index contributed by atoms with van der Waals surface area (Å²) in [4.78, 5) is 46.3. The molecule has 5 rings (SSSR count). The van der Waals surface area contributed by atoms with Crippen LogP contribution in [0.3, 0.4) is 0 Å². The molecule has 3 amide bonds. The molecule has 0 unspecified atom stereocenters. The van der Waals surface area contributed by atoms with Crippen molar-refractivity contribution in [2.45, 2.75) is 19.3 Å². The summed E-state index contributed by atoms with van der Waals surface area (Å²) < 4.78 is 0. The smallest absolute Gasteiger partial charge is 0.249 e. The molecule has 180 valence electrons. The maximum absolute atomic E-state index is 12.9. The number of benzene rings is 2. The zero-order chi connectivity index (χ0) is 25.1. The Hall–Kier alpha value is -4.72. The van der Waals surface area contributed by atoms with Gasteiger partial charge in [0.15, 0.2) is 0 Å². The summed E-state index contributed by atoms with van der Waals surface area (Å²) >= 11 is 0. The zero-order valence-electron chi connectivity index (χ0n) is 19.5. The van der Waals surface area contributed by atoms with Crippen molar-refractivity contribution in [3.8, 4) is 0 Å². The van der Waals surface area contributed by atoms with E-state index in [1.54, 1.807) is 29.4 Å². The molecule has 1 saturated heterocycles. The third-order valence-electron chi connectivity index (χ3n) is 6.21. The van der Waals surface area contributed by atoms with Gasteiger partial charge in [-0.3, -0.25) is 14.4 Å². The highest BCUT2D eigenvalue weighted by Crippen LogP contribution is 2.29. The molecule has 8 nitrogen and oxygen atoms in total. The van der Waals surface area contributed by atoms with E-state index in [-0.39, 0.29) is 18.2 Å². The number of rotatable bonds is 7. The number of H-pyrrole nitrogens is 1. The van der Waals surface area contributed by atoms with Gasteiger partial charge in [0, 0.05) is 47.6 Å². The van der Waals surface area contributed by atoms with Crippen molar-refractivity contribution in [1.82, 2.24) is 9.97 Å². The molecule has 0 bridgehead atoms. The second-order valence-electron chi connectivity index (χ2n) is 8.65. The summed E-state index contributed by atoms with van der Waals surface area (Å²) in [6.45, 7) is 0.728. The topological polar surface area (TPSA) is 121 Å². The molecule has 8 heteroatoms. The van der Waals surface area contributed by atoms with Crippen molar-refractivity contribution in [1.29, 1.82) is 0 Å². The van der Waals surface area contributed by atoms with Gasteiger partial charge in [0.1, 0.15) is 5.65 Å². The van der Waals surface area contributed by atoms with Crippen LogP contribution >= 0.6 is 0 Å². The van der Waals surface area contributed by atoms with Crippen molar-refractivity contribution in [3.63, 3.8) is 0 Å². The first-order valence-electron chi connectivity index (χ1n) is 11.7. The molecule has 4 N–H and O–H groups in total. The largest absolute Gasteiger partial charge is 0.366 e. The van der Waals surface area contributed by atoms with Crippen molar-refractivity contribution in [2.24, 2.45) is 5.73 Å². The number of carbonyl (C=O) groups excluding carboxylic acids is 3. The van der Waals surface area contributed by atoms with Crippen LogP contribution in [0.25, 0.3) is 22.7 Å². The monoisotopic (exact) mass is 479 g/mol. The number of aromatic nitrogens is 2. The van der Waals surface area contributed by atoms with Gasteiger partial charge < -0.3 is 20.9 Å². The summed E-state index contributed by atoms with van der Waals surface area (Å²) in [6.07, 6.45) is 6.66. The van der Waals surface area contributed by atoms with Gasteiger partial charge in [-0.15, -0.1) is 0 Å². The maximum atomic E-state index is 12.9. The second-order valence-corrected chi connectivity index (χ2v) is 8.65. The van der Waals surface area contributed by atoms with E-state index in [2.05, 4.69) is 15.3 Å². The third kappa shape index (κ3) is 4.74. The fourth-order valence-corrected chi connectivity index (χ4v) is 4.46. The number of hydrogen-bond donors (Lipinski definition) is 3. The van der Waals surface area contributed by atoms with Crippen molar-refractivity contribution in [3.05, 3.63) is 89.7 Å². The fraction of sp³-hybridized carbons (Fsp3) is 0.143. The van der Waals surface area contributed by atoms with Gasteiger partial charge in [-0.2, -0.15) is 0 Å². The SMILES string of the molecule is NC(=O)C(=Cc1c[nH]c2nccc(NC(=O)Cc3ccc(N4CCCC4=O)cc3)c12)c1ccccc1. The number of amides is 3. The first-order chi connectivity index (χ1) is 17.5. The third-order valence-corrected chi connectivity index (χ3v) is 6.21. The van der Waals surface area contributed by atoms with Crippen LogP contribution in [0.15, 0.2) is 73.1 Å². The molecule has 0 atom stereocenters. The molecular formula is C28H25N5O3. The minimum atomic E-state index is -0.552. The number of carbonyl (C=O) groups is 3. The second kappa shape index (κ2) is 9.87. The Labute approximate surface area is 207 Å². The molecule has 0 radical (unpaired) electrons. The highest BCUT2D eigenvalue weighted by molar-refractivity contribution is 6.24. The van der Waals surface area contributed by atoms with Gasteiger partial charge in [-0.25, -0.2) is 4.98 Å². The molecule has 2 aromatic heterocycles. The Morgan fingerprint density at radius 1 is 1.08 bits per heavy atom. The molecule has 4 aromatic rings. The summed E-state index contributed by atoms with van der Waals surface area (Å²) in [6, 6.07) is 18.4. The van der Waals surface area contributed by atoms with E-state index in [1.807, 2.05) is 54.6 Å². The predicted octanol–water partition coefficient (Wildman–Crippen LogP) is 3.90. The minimum absolute atomic E-state index is 0.130. The summed E-state index contributed by atoms with van der Waals surface area (Å²) in [7, 11) is 0. The Bertz CT molecular complexity index is 1470. The summed E-state index contributed by atoms with van der Waals surface area (Å²) in [5.41, 5.74) is 10.3. The highest BCUT2D eigenvalue weighted by atomic mass is 16.2. The lowest BCUT2D eigenvalue weighted by molar-refractivity contribution is -0.117. The lowest BCUT2D eigenvalue weighted by Gasteiger charge is -2.16. The predicted molar refractivity (Wildman–Crippen MR) is 140 cm³/mol. The van der Waals surface area contributed by atoms with E-state index in [0.717, 1.165) is 24.2 Å². The summed E-state index contributed by atoms with van der Waals surface area (Å²) in [5.74, 6) is -0.615. The summed E-state index contributed by atoms with van der Waals surface area (Å²) in [5, 5.41) is 3.65. The molecule has 36 heavy (non-hydrogen) atoms. The van der Waals surface area contributed by atoms with Gasteiger partial charge in [0.2, 0.25) is 17.7 Å². The van der Waals surface area contributed by atoms with Gasteiger partial charge in [0.05, 0.1) is 12.1 Å². The van der Waals surface area contributed by atoms with Crippen molar-refractivity contribution < 1.29 is 14.4 Å². The number of nitrogens with two attached hydrogens (primary N) is 1. The van der Waals surface area contributed by atoms with E-state index >= 15 is 0 Å². The van der Waals surface area contributed by atoms with E-state index in [4.69, 9.17) is 5.73 Å². The van der Waals surface area contributed by atoms with E-state index in [1.165, 1.54) is 0 Å². The van der Waals surface area contributed by atoms with Gasteiger partial charge in [-0.05, 0) is 41.8 Å². The van der Waals surface area contributed by atoms with Crippen LogP contribution in [0.1, 0.15) is 29.5 Å². The van der Waals surface area contributed by atoms with Gasteiger partial charge in [-0.1, -0.05) is 42.5 Å². The van der Waals surface area contributed by atoms with Crippen LogP contribution in [-0.2, 0) is 20.8 Å². The average molecular weight is 480 g/mol. The highest BCUT2D eigenvalue weighted by Gasteiger charge is 2.21. The first-order valence-corrected chi connectivity index (χ1v) is 11.7. The number of fused-ring (bicyclic) bond motifs is 1. The lowest BCUT2D eigenvalue weighted by Crippen LogP contribution is -2.23. The number of anilines is 2. The zero-order valence-corrected chi connectivity index (χ0v) is 19.5. The van der Waals surface area contributed by atoms with Crippen molar-refractivity contribution >= 4 is 51.8 Å². The molecule has 0 spiro atoms. The van der Waals surface area contributed by atoms with E-state index < -0.39 is 5.91 Å². The molecule has 0 aliphatic carbocycles. The fourth-order valence-electron chi connectivity index (χ4n) is 4.46. The minimum Gasteiger partial charge on any atom is -0.366 e. The van der Waals surface area contributed by atoms with Gasteiger partial charge >= 0.3 is 0 Å². The van der Waals surface area contributed by atoms with E-state index in [9.17, 15) is 14.4 Å². The molecule has 0 saturated carbocycles. The Kier molecular flexibility index (Phi) is 6.32. The van der Waals surface area contributed by atoms with E-state index in [0.29, 0.717) is 39.8 Å². The molecule has 1 aliphatic rings. The Morgan fingerprint density at radius 3 is 2.56 bits per heavy atom. The first kappa shape index (κ1) is 23.0. The lowest BCUT2D eigenvalue weighted by atomic mass is 10.0. The van der Waals surface area contributed by atoms with Crippen LogP contribution in [0, 0.1) is 0 Å². The van der Waals surface area contributed by atoms with Crippen LogP contribution in [0.4, 0.5) is 11.4 Å². The normalized spacial score (nSPS) is 13.8. The quantitative estimate of drug-likeness (QED) is 0.348. The number of nitrogens with one attached hydrogen (secondary N) is 2. The molecular weight excluding hydrogens is 454 g/mol. The number of nitrogens with zero attached hydrogens (tertiary/aromatic N) is 2. The average Bonchev–Trinajstić information content (AvgIpc) is 3.50. The maximum Gasteiger partial charge on any atom is 0.249 e. The Morgan fingerprint density at radius 2 is 1.86 bits per heavy atom. The van der Waals surface area contributed by atoms with Crippen LogP contribution < -0.4 is 16.0 Å².